The third kappa shape index (κ3) is 2.70. The highest BCUT2D eigenvalue weighted by Gasteiger charge is 2.47. The fourth-order valence-electron chi connectivity index (χ4n) is 3.29. The number of hydrogen-bond acceptors (Lipinski definition) is 1. The van der Waals surface area contributed by atoms with E-state index in [1.165, 1.54) is 19.3 Å². The first-order valence-electron chi connectivity index (χ1n) is 6.22. The Morgan fingerprint density at radius 3 is 2.56 bits per heavy atom. The van der Waals surface area contributed by atoms with Crippen molar-refractivity contribution in [1.82, 2.24) is 4.90 Å². The second-order valence-electron chi connectivity index (χ2n) is 5.57. The predicted molar refractivity (Wildman–Crippen MR) is 57.2 cm³/mol. The SMILES string of the molecule is CCC1CC2(CCN(CCC(F)(F)F)C2)C1. The Morgan fingerprint density at radius 2 is 2.00 bits per heavy atom. The van der Waals surface area contributed by atoms with Crippen molar-refractivity contribution in [3.05, 3.63) is 0 Å². The lowest BCUT2D eigenvalue weighted by molar-refractivity contribution is -0.137. The molecule has 0 radical (unpaired) electrons. The summed E-state index contributed by atoms with van der Waals surface area (Å²) in [5.74, 6) is 0.836. The van der Waals surface area contributed by atoms with Gasteiger partial charge in [0.15, 0.2) is 0 Å². The molecule has 0 aromatic heterocycles. The van der Waals surface area contributed by atoms with Crippen LogP contribution in [0.4, 0.5) is 13.2 Å². The van der Waals surface area contributed by atoms with Gasteiger partial charge in [0.2, 0.25) is 0 Å². The highest BCUT2D eigenvalue weighted by molar-refractivity contribution is 4.99. The van der Waals surface area contributed by atoms with E-state index in [1.807, 2.05) is 4.90 Å². The van der Waals surface area contributed by atoms with E-state index in [0.29, 0.717) is 5.41 Å². The average molecular weight is 235 g/mol. The monoisotopic (exact) mass is 235 g/mol. The first-order valence-corrected chi connectivity index (χ1v) is 6.22. The second-order valence-corrected chi connectivity index (χ2v) is 5.57. The van der Waals surface area contributed by atoms with E-state index in [9.17, 15) is 13.2 Å². The van der Waals surface area contributed by atoms with Crippen LogP contribution in [-0.2, 0) is 0 Å². The van der Waals surface area contributed by atoms with Gasteiger partial charge in [-0.05, 0) is 37.1 Å². The maximum absolute atomic E-state index is 12.1. The highest BCUT2D eigenvalue weighted by atomic mass is 19.4. The van der Waals surface area contributed by atoms with E-state index in [-0.39, 0.29) is 6.54 Å². The minimum atomic E-state index is -4.00. The van der Waals surface area contributed by atoms with Crippen LogP contribution < -0.4 is 0 Å². The van der Waals surface area contributed by atoms with E-state index < -0.39 is 12.6 Å². The summed E-state index contributed by atoms with van der Waals surface area (Å²) < 4.78 is 36.3. The van der Waals surface area contributed by atoms with Crippen molar-refractivity contribution in [2.45, 2.75) is 45.2 Å². The van der Waals surface area contributed by atoms with Crippen molar-refractivity contribution in [2.24, 2.45) is 11.3 Å². The Labute approximate surface area is 95.0 Å². The number of nitrogens with zero attached hydrogens (tertiary/aromatic N) is 1. The van der Waals surface area contributed by atoms with Crippen LogP contribution in [0.5, 0.6) is 0 Å². The predicted octanol–water partition coefficient (Wildman–Crippen LogP) is 3.45. The highest BCUT2D eigenvalue weighted by Crippen LogP contribution is 2.52. The largest absolute Gasteiger partial charge is 0.390 e. The standard InChI is InChI=1S/C12H20F3N/c1-2-10-7-11(8-10)3-5-16(9-11)6-4-12(13,14)15/h10H,2-9H2,1H3. The lowest BCUT2D eigenvalue weighted by Crippen LogP contribution is -2.39. The minimum absolute atomic E-state index is 0.196. The molecule has 2 fully saturated rings. The van der Waals surface area contributed by atoms with Gasteiger partial charge in [-0.15, -0.1) is 0 Å². The summed E-state index contributed by atoms with van der Waals surface area (Å²) in [6, 6.07) is 0. The fourth-order valence-corrected chi connectivity index (χ4v) is 3.29. The zero-order valence-corrected chi connectivity index (χ0v) is 9.82. The first kappa shape index (κ1) is 12.2. The van der Waals surface area contributed by atoms with Crippen molar-refractivity contribution in [2.75, 3.05) is 19.6 Å². The summed E-state index contributed by atoms with van der Waals surface area (Å²) in [7, 11) is 0. The maximum Gasteiger partial charge on any atom is 0.390 e. The zero-order chi connectivity index (χ0) is 11.8. The number of rotatable bonds is 3. The van der Waals surface area contributed by atoms with Gasteiger partial charge < -0.3 is 4.90 Å². The van der Waals surface area contributed by atoms with E-state index in [1.54, 1.807) is 0 Å². The molecule has 0 bridgehead atoms. The van der Waals surface area contributed by atoms with Crippen LogP contribution in [0.1, 0.15) is 39.0 Å². The summed E-state index contributed by atoms with van der Waals surface area (Å²) in [6.45, 7) is 4.17. The third-order valence-corrected chi connectivity index (χ3v) is 4.25. The molecular weight excluding hydrogens is 215 g/mol. The van der Waals surface area contributed by atoms with Gasteiger partial charge in [0, 0.05) is 13.1 Å². The number of hydrogen-bond donors (Lipinski definition) is 0. The summed E-state index contributed by atoms with van der Waals surface area (Å²) in [5.41, 5.74) is 0.395. The molecule has 0 aromatic carbocycles. The average Bonchev–Trinajstić information content (AvgIpc) is 2.55. The zero-order valence-electron chi connectivity index (χ0n) is 9.82. The molecule has 1 aliphatic carbocycles. The van der Waals surface area contributed by atoms with Gasteiger partial charge >= 0.3 is 6.18 Å². The molecule has 0 N–H and O–H groups in total. The smallest absolute Gasteiger partial charge is 0.302 e. The molecule has 0 aromatic rings. The lowest BCUT2D eigenvalue weighted by Gasteiger charge is -2.45. The number of alkyl halides is 3. The van der Waals surface area contributed by atoms with E-state index >= 15 is 0 Å². The minimum Gasteiger partial charge on any atom is -0.302 e. The van der Waals surface area contributed by atoms with Crippen molar-refractivity contribution >= 4 is 0 Å². The number of likely N-dealkylation sites (tertiary alicyclic amines) is 1. The molecule has 1 nitrogen and oxygen atoms in total. The molecule has 1 aliphatic heterocycles. The second kappa shape index (κ2) is 4.21. The van der Waals surface area contributed by atoms with E-state index in [2.05, 4.69) is 6.92 Å². The van der Waals surface area contributed by atoms with Crippen molar-refractivity contribution < 1.29 is 13.2 Å². The van der Waals surface area contributed by atoms with Crippen LogP contribution in [0.25, 0.3) is 0 Å². The molecule has 94 valence electrons. The number of halogens is 3. The molecule has 0 unspecified atom stereocenters. The maximum atomic E-state index is 12.1. The Hall–Kier alpha value is -0.250. The van der Waals surface area contributed by atoms with Crippen molar-refractivity contribution in [1.29, 1.82) is 0 Å². The van der Waals surface area contributed by atoms with Gasteiger partial charge in [0.1, 0.15) is 0 Å². The fraction of sp³-hybridized carbons (Fsp3) is 1.00. The van der Waals surface area contributed by atoms with Crippen molar-refractivity contribution in [3.8, 4) is 0 Å². The van der Waals surface area contributed by atoms with Crippen LogP contribution in [0.2, 0.25) is 0 Å². The summed E-state index contributed by atoms with van der Waals surface area (Å²) in [6.07, 6.45) is 0.172. The summed E-state index contributed by atoms with van der Waals surface area (Å²) in [4.78, 5) is 2.00. The molecule has 1 saturated carbocycles. The van der Waals surface area contributed by atoms with Crippen LogP contribution >= 0.6 is 0 Å². The molecule has 4 heteroatoms. The van der Waals surface area contributed by atoms with Gasteiger partial charge in [-0.2, -0.15) is 13.2 Å². The normalized spacial score (nSPS) is 35.6. The Bertz CT molecular complexity index is 243. The molecule has 0 atom stereocenters. The molecule has 2 rings (SSSR count). The van der Waals surface area contributed by atoms with Crippen molar-refractivity contribution in [3.63, 3.8) is 0 Å². The Balaban J connectivity index is 1.73. The van der Waals surface area contributed by atoms with Crippen LogP contribution in [-0.4, -0.2) is 30.7 Å². The van der Waals surface area contributed by atoms with Crippen LogP contribution in [0, 0.1) is 11.3 Å². The summed E-state index contributed by atoms with van der Waals surface area (Å²) in [5, 5.41) is 0. The molecule has 2 aliphatic rings. The lowest BCUT2D eigenvalue weighted by atomic mass is 9.61. The van der Waals surface area contributed by atoms with Gasteiger partial charge in [-0.25, -0.2) is 0 Å². The van der Waals surface area contributed by atoms with E-state index in [4.69, 9.17) is 0 Å². The van der Waals surface area contributed by atoms with Gasteiger partial charge in [-0.1, -0.05) is 13.3 Å². The van der Waals surface area contributed by atoms with Gasteiger partial charge in [-0.3, -0.25) is 0 Å². The molecule has 1 heterocycles. The molecule has 1 spiro atoms. The topological polar surface area (TPSA) is 3.24 Å². The first-order chi connectivity index (χ1) is 7.42. The molecule has 0 amide bonds. The summed E-state index contributed by atoms with van der Waals surface area (Å²) >= 11 is 0. The third-order valence-electron chi connectivity index (χ3n) is 4.25. The quantitative estimate of drug-likeness (QED) is 0.724. The van der Waals surface area contributed by atoms with Gasteiger partial charge in [0.05, 0.1) is 6.42 Å². The Kier molecular flexibility index (Phi) is 3.21. The molecule has 1 saturated heterocycles. The Morgan fingerprint density at radius 1 is 1.31 bits per heavy atom. The van der Waals surface area contributed by atoms with Gasteiger partial charge in [0.25, 0.3) is 0 Å². The van der Waals surface area contributed by atoms with Crippen LogP contribution in [0.3, 0.4) is 0 Å². The van der Waals surface area contributed by atoms with Crippen LogP contribution in [0.15, 0.2) is 0 Å². The molecular formula is C12H20F3N. The molecule has 16 heavy (non-hydrogen) atoms. The van der Waals surface area contributed by atoms with E-state index in [0.717, 1.165) is 25.4 Å².